The third-order valence-electron chi connectivity index (χ3n) is 2.64. The van der Waals surface area contributed by atoms with Crippen molar-refractivity contribution in [3.05, 3.63) is 34.1 Å². The second-order valence-corrected chi connectivity index (χ2v) is 7.05. The van der Waals surface area contributed by atoms with Gasteiger partial charge in [0.2, 0.25) is 10.0 Å². The molecule has 1 N–H and O–H groups in total. The van der Waals surface area contributed by atoms with E-state index in [4.69, 9.17) is 0 Å². The Morgan fingerprint density at radius 2 is 2.12 bits per heavy atom. The molecule has 1 fully saturated rings. The van der Waals surface area contributed by atoms with E-state index < -0.39 is 15.8 Å². The van der Waals surface area contributed by atoms with Crippen molar-refractivity contribution < 1.29 is 12.8 Å². The molecule has 1 aliphatic rings. The zero-order valence-electron chi connectivity index (χ0n) is 9.12. The molecular weight excluding hydrogens is 309 g/mol. The van der Waals surface area contributed by atoms with Gasteiger partial charge in [0.15, 0.2) is 0 Å². The van der Waals surface area contributed by atoms with Gasteiger partial charge in [-0.2, -0.15) is 0 Å². The van der Waals surface area contributed by atoms with E-state index in [9.17, 15) is 12.8 Å². The van der Waals surface area contributed by atoms with Crippen molar-refractivity contribution in [1.82, 2.24) is 4.72 Å². The summed E-state index contributed by atoms with van der Waals surface area (Å²) in [6, 6.07) is 4.47. The number of hydrogen-bond donors (Lipinski definition) is 1. The molecule has 0 radical (unpaired) electrons. The van der Waals surface area contributed by atoms with Crippen molar-refractivity contribution in [3.8, 4) is 0 Å². The van der Waals surface area contributed by atoms with Gasteiger partial charge >= 0.3 is 0 Å². The molecule has 0 atom stereocenters. The van der Waals surface area contributed by atoms with Crippen LogP contribution in [0.1, 0.15) is 18.4 Å². The number of nitrogens with one attached hydrogen (secondary N) is 1. The van der Waals surface area contributed by atoms with Crippen LogP contribution in [0.15, 0.2) is 22.7 Å². The summed E-state index contributed by atoms with van der Waals surface area (Å²) in [5.74, 6) is 0.0463. The average molecular weight is 322 g/mol. The zero-order chi connectivity index (χ0) is 12.5. The van der Waals surface area contributed by atoms with Gasteiger partial charge in [0.1, 0.15) is 5.82 Å². The van der Waals surface area contributed by atoms with Crippen LogP contribution in [0.4, 0.5) is 4.39 Å². The van der Waals surface area contributed by atoms with E-state index in [0.29, 0.717) is 11.5 Å². The molecule has 3 nitrogen and oxygen atoms in total. The predicted molar refractivity (Wildman–Crippen MR) is 67.5 cm³/mol. The number of sulfonamides is 1. The first kappa shape index (κ1) is 13.0. The van der Waals surface area contributed by atoms with Crippen molar-refractivity contribution in [2.24, 2.45) is 5.92 Å². The lowest BCUT2D eigenvalue weighted by atomic mass is 10.2. The van der Waals surface area contributed by atoms with Gasteiger partial charge < -0.3 is 0 Å². The Kier molecular flexibility index (Phi) is 3.85. The van der Waals surface area contributed by atoms with Gasteiger partial charge in [0.05, 0.1) is 5.75 Å². The van der Waals surface area contributed by atoms with Crippen LogP contribution in [0.25, 0.3) is 0 Å². The molecule has 17 heavy (non-hydrogen) atoms. The molecule has 1 aliphatic carbocycles. The molecule has 0 bridgehead atoms. The highest BCUT2D eigenvalue weighted by atomic mass is 79.9. The Morgan fingerprint density at radius 1 is 1.41 bits per heavy atom. The lowest BCUT2D eigenvalue weighted by molar-refractivity contribution is 0.571. The highest BCUT2D eigenvalue weighted by Crippen LogP contribution is 2.30. The quantitative estimate of drug-likeness (QED) is 0.905. The number of benzene rings is 1. The molecule has 0 aromatic heterocycles. The van der Waals surface area contributed by atoms with Crippen LogP contribution in [-0.4, -0.2) is 14.2 Å². The molecule has 0 unspecified atom stereocenters. The third-order valence-corrected chi connectivity index (χ3v) is 4.63. The third kappa shape index (κ3) is 4.04. The second-order valence-electron chi connectivity index (χ2n) is 4.28. The van der Waals surface area contributed by atoms with Gasteiger partial charge in [0.25, 0.3) is 0 Å². The van der Waals surface area contributed by atoms with Gasteiger partial charge in [-0.05, 0) is 37.0 Å². The Bertz CT molecular complexity index is 514. The molecule has 0 heterocycles. The number of rotatable bonds is 5. The topological polar surface area (TPSA) is 46.2 Å². The summed E-state index contributed by atoms with van der Waals surface area (Å²) in [7, 11) is -3.28. The highest BCUT2D eigenvalue weighted by molar-refractivity contribution is 9.10. The van der Waals surface area contributed by atoms with Gasteiger partial charge in [0, 0.05) is 16.6 Å². The molecule has 1 saturated carbocycles. The minimum Gasteiger partial charge on any atom is -0.212 e. The molecule has 0 amide bonds. The summed E-state index contributed by atoms with van der Waals surface area (Å²) >= 11 is 3.22. The lowest BCUT2D eigenvalue weighted by Gasteiger charge is -2.07. The Morgan fingerprint density at radius 3 is 2.76 bits per heavy atom. The summed E-state index contributed by atoms with van der Waals surface area (Å²) in [5.41, 5.74) is 0.346. The van der Waals surface area contributed by atoms with E-state index in [-0.39, 0.29) is 12.3 Å². The SMILES string of the molecule is O=S(=O)(CC1CC1)NCc1cc(Br)ccc1F. The van der Waals surface area contributed by atoms with Gasteiger partial charge in [-0.15, -0.1) is 0 Å². The van der Waals surface area contributed by atoms with Crippen molar-refractivity contribution in [3.63, 3.8) is 0 Å². The molecule has 1 aromatic rings. The first-order valence-corrected chi connectivity index (χ1v) is 7.82. The smallest absolute Gasteiger partial charge is 0.212 e. The molecule has 0 saturated heterocycles. The average Bonchev–Trinajstić information content (AvgIpc) is 3.03. The summed E-state index contributed by atoms with van der Waals surface area (Å²) in [6.45, 7) is 0.000324. The van der Waals surface area contributed by atoms with E-state index in [0.717, 1.165) is 17.3 Å². The standard InChI is InChI=1S/C11H13BrFNO2S/c12-10-3-4-11(13)9(5-10)6-14-17(15,16)7-8-1-2-8/h3-5,8,14H,1-2,6-7H2. The van der Waals surface area contributed by atoms with Crippen molar-refractivity contribution >= 4 is 26.0 Å². The van der Waals surface area contributed by atoms with Crippen LogP contribution in [-0.2, 0) is 16.6 Å². The number of halogens is 2. The van der Waals surface area contributed by atoms with Crippen molar-refractivity contribution in [2.75, 3.05) is 5.75 Å². The Labute approximate surface area is 109 Å². The first-order chi connectivity index (χ1) is 7.96. The van der Waals surface area contributed by atoms with E-state index in [1.165, 1.54) is 6.07 Å². The maximum Gasteiger partial charge on any atom is 0.212 e. The van der Waals surface area contributed by atoms with Crippen LogP contribution in [0, 0.1) is 11.7 Å². The molecule has 0 spiro atoms. The minimum atomic E-state index is -3.28. The molecule has 0 aliphatic heterocycles. The number of hydrogen-bond acceptors (Lipinski definition) is 2. The van der Waals surface area contributed by atoms with E-state index in [2.05, 4.69) is 20.7 Å². The lowest BCUT2D eigenvalue weighted by Crippen LogP contribution is -2.27. The van der Waals surface area contributed by atoms with Crippen molar-refractivity contribution in [2.45, 2.75) is 19.4 Å². The Balaban J connectivity index is 1.98. The zero-order valence-corrected chi connectivity index (χ0v) is 11.5. The summed E-state index contributed by atoms with van der Waals surface area (Å²) < 4.78 is 39.7. The monoisotopic (exact) mass is 321 g/mol. The second kappa shape index (κ2) is 5.04. The summed E-state index contributed by atoms with van der Waals surface area (Å²) in [5, 5.41) is 0. The fourth-order valence-electron chi connectivity index (χ4n) is 1.52. The minimum absolute atomic E-state index is 0.000324. The van der Waals surface area contributed by atoms with E-state index in [1.807, 2.05) is 0 Å². The Hall–Kier alpha value is -0.460. The predicted octanol–water partition coefficient (Wildman–Crippen LogP) is 2.42. The fraction of sp³-hybridized carbons (Fsp3) is 0.455. The summed E-state index contributed by atoms with van der Waals surface area (Å²) in [4.78, 5) is 0. The molecule has 2 rings (SSSR count). The van der Waals surface area contributed by atoms with Crippen LogP contribution >= 0.6 is 15.9 Å². The van der Waals surface area contributed by atoms with E-state index in [1.54, 1.807) is 12.1 Å². The molecule has 6 heteroatoms. The van der Waals surface area contributed by atoms with Crippen LogP contribution in [0.3, 0.4) is 0 Å². The first-order valence-electron chi connectivity index (χ1n) is 5.37. The molecule has 94 valence electrons. The highest BCUT2D eigenvalue weighted by Gasteiger charge is 2.27. The van der Waals surface area contributed by atoms with Gasteiger partial charge in [-0.3, -0.25) is 0 Å². The van der Waals surface area contributed by atoms with E-state index >= 15 is 0 Å². The maximum absolute atomic E-state index is 13.4. The molecule has 1 aromatic carbocycles. The van der Waals surface area contributed by atoms with Gasteiger partial charge in [-0.1, -0.05) is 15.9 Å². The van der Waals surface area contributed by atoms with Crippen LogP contribution in [0.2, 0.25) is 0 Å². The summed E-state index contributed by atoms with van der Waals surface area (Å²) in [6.07, 6.45) is 1.96. The maximum atomic E-state index is 13.4. The van der Waals surface area contributed by atoms with Crippen LogP contribution in [0.5, 0.6) is 0 Å². The molecular formula is C11H13BrFNO2S. The van der Waals surface area contributed by atoms with Crippen molar-refractivity contribution in [1.29, 1.82) is 0 Å². The largest absolute Gasteiger partial charge is 0.212 e. The van der Waals surface area contributed by atoms with Gasteiger partial charge in [-0.25, -0.2) is 17.5 Å². The fourth-order valence-corrected chi connectivity index (χ4v) is 3.38. The van der Waals surface area contributed by atoms with Crippen LogP contribution < -0.4 is 4.72 Å². The normalized spacial score (nSPS) is 16.1.